The Balaban J connectivity index is 0.000000675. The van der Waals surface area contributed by atoms with E-state index < -0.39 is 166 Å². The topological polar surface area (TPSA) is 432 Å². The number of aliphatic hydroxyl groups is 8. The van der Waals surface area contributed by atoms with Gasteiger partial charge < -0.3 is 111 Å². The normalized spacial score (nSPS) is 34.9. The fraction of sp³-hybridized carbons (Fsp3) is 1.00. The lowest BCUT2D eigenvalue weighted by Crippen LogP contribution is -2.58. The third kappa shape index (κ3) is 41.9. The highest BCUT2D eigenvalue weighted by Gasteiger charge is 2.50. The average molecular weight is 1670 g/mol. The summed E-state index contributed by atoms with van der Waals surface area (Å²) in [5.74, 6) is 0. The second-order valence-electron chi connectivity index (χ2n) is 31.0. The molecule has 5 rings (SSSR count). The van der Waals surface area contributed by atoms with Crippen LogP contribution in [0.25, 0.3) is 0 Å². The summed E-state index contributed by atoms with van der Waals surface area (Å²) in [4.78, 5) is 0. The third-order valence-corrected chi connectivity index (χ3v) is 22.9. The summed E-state index contributed by atoms with van der Waals surface area (Å²) in [6, 6.07) is 0. The van der Waals surface area contributed by atoms with Gasteiger partial charge in [-0.2, -0.15) is 0 Å². The molecule has 0 aromatic carbocycles. The van der Waals surface area contributed by atoms with Crippen LogP contribution in [0.1, 0.15) is 186 Å². The summed E-state index contributed by atoms with van der Waals surface area (Å²) in [5.41, 5.74) is 0. The SMILES string of the molecule is CC(C)OCC1OC(C)C(O)C(O)C1OP(C)(=O)OC(C)C.CC(C)OCC1OC(C)C(O)C(O)C1OP(C)(=O)OC(C)C.CC(C)OCC1OC(C)C(O)C(O)C1OP(C)(=O)OC(C)C.CC(C)OCC1OC(C)CC(O)C1OP(C)(=O)OC(C)C.CC(C)OCC1OC(C)CC(O)C1OP(C)(=O)OC(C)C. The van der Waals surface area contributed by atoms with Crippen molar-refractivity contribution in [3.8, 4) is 0 Å². The summed E-state index contributed by atoms with van der Waals surface area (Å²) in [7, 11) is -16.7. The van der Waals surface area contributed by atoms with E-state index in [1.807, 2.05) is 83.1 Å². The molecule has 33 nitrogen and oxygen atoms in total. The molecule has 5 fully saturated rings. The third-order valence-electron chi connectivity index (χ3n) is 15.8. The van der Waals surface area contributed by atoms with E-state index in [-0.39, 0.29) is 106 Å². The molecule has 5 aliphatic rings. The molecule has 5 heterocycles. The van der Waals surface area contributed by atoms with Crippen molar-refractivity contribution in [3.63, 3.8) is 0 Å². The van der Waals surface area contributed by atoms with Crippen molar-refractivity contribution in [2.75, 3.05) is 66.4 Å². The largest absolute Gasteiger partial charge is 0.390 e. The second kappa shape index (κ2) is 49.4. The van der Waals surface area contributed by atoms with Crippen LogP contribution in [-0.4, -0.2) is 309 Å². The highest BCUT2D eigenvalue weighted by atomic mass is 31.2. The van der Waals surface area contributed by atoms with Gasteiger partial charge in [0.05, 0.1) is 137 Å². The van der Waals surface area contributed by atoms with Crippen molar-refractivity contribution < 1.29 is 156 Å². The molecular formula is C70H145O33P5. The van der Waals surface area contributed by atoms with Crippen LogP contribution in [0.15, 0.2) is 0 Å². The molecule has 5 saturated heterocycles. The Morgan fingerprint density at radius 1 is 0.269 bits per heavy atom. The molecule has 8 N–H and O–H groups in total. The van der Waals surface area contributed by atoms with E-state index in [2.05, 4.69) is 0 Å². The van der Waals surface area contributed by atoms with Crippen molar-refractivity contribution in [1.82, 2.24) is 0 Å². The molecule has 648 valence electrons. The summed E-state index contributed by atoms with van der Waals surface area (Å²) in [6.07, 6.45) is -18.1. The lowest BCUT2D eigenvalue weighted by molar-refractivity contribution is -0.224. The molecular weight excluding hydrogens is 1520 g/mol. The molecule has 38 heteroatoms. The fourth-order valence-electron chi connectivity index (χ4n) is 11.6. The van der Waals surface area contributed by atoms with Crippen LogP contribution in [0.4, 0.5) is 0 Å². The minimum Gasteiger partial charge on any atom is -0.390 e. The molecule has 28 unspecified atom stereocenters. The Labute approximate surface area is 645 Å². The highest BCUT2D eigenvalue weighted by molar-refractivity contribution is 7.54. The first-order chi connectivity index (χ1) is 49.3. The molecule has 0 radical (unpaired) electrons. The lowest BCUT2D eigenvalue weighted by Gasteiger charge is -2.42. The molecule has 0 aromatic heterocycles. The molecule has 108 heavy (non-hydrogen) atoms. The van der Waals surface area contributed by atoms with E-state index >= 15 is 0 Å². The number of ether oxygens (including phenoxy) is 10. The van der Waals surface area contributed by atoms with E-state index in [9.17, 15) is 63.7 Å². The molecule has 0 amide bonds. The number of rotatable bonds is 35. The first kappa shape index (κ1) is 106. The van der Waals surface area contributed by atoms with E-state index in [4.69, 9.17) is 92.6 Å². The van der Waals surface area contributed by atoms with Crippen molar-refractivity contribution in [2.24, 2.45) is 0 Å². The van der Waals surface area contributed by atoms with Crippen molar-refractivity contribution in [3.05, 3.63) is 0 Å². The van der Waals surface area contributed by atoms with E-state index in [0.717, 1.165) is 0 Å². The fourth-order valence-corrected chi connectivity index (χ4v) is 19.2. The summed E-state index contributed by atoms with van der Waals surface area (Å²) >= 11 is 0. The number of aliphatic hydroxyl groups excluding tert-OH is 8. The molecule has 5 aliphatic heterocycles. The second-order valence-corrected chi connectivity index (χ2v) is 40.9. The van der Waals surface area contributed by atoms with Crippen LogP contribution >= 0.6 is 38.0 Å². The summed E-state index contributed by atoms with van der Waals surface area (Å²) in [5, 5.41) is 81.1. The Morgan fingerprint density at radius 3 is 0.602 bits per heavy atom. The van der Waals surface area contributed by atoms with Crippen LogP contribution in [0, 0.1) is 0 Å². The van der Waals surface area contributed by atoms with Gasteiger partial charge in [0.1, 0.15) is 97.7 Å². The standard InChI is InChI=1S/3C14H29O7P.2C14H29O6P/c3*1-8(2)18-7-11-14(13(16)12(15)10(5)19-11)21-22(6,17)20-9(3)4;2*1-9(2)17-8-13-14(12(15)7-11(5)18-13)20-21(6,16)19-10(3)4/h3*8-16H,7H2,1-6H3;2*9-15H,7-8H2,1-6H3. The van der Waals surface area contributed by atoms with Crippen molar-refractivity contribution >= 4 is 38.0 Å². The predicted molar refractivity (Wildman–Crippen MR) is 408 cm³/mol. The maximum Gasteiger partial charge on any atom is 0.328 e. The van der Waals surface area contributed by atoms with Crippen LogP contribution in [-0.2, 0) is 115 Å². The molecule has 0 spiro atoms. The quantitative estimate of drug-likeness (QED) is 0.0273. The number of hydrogen-bond donors (Lipinski definition) is 8. The van der Waals surface area contributed by atoms with Crippen LogP contribution < -0.4 is 0 Å². The predicted octanol–water partition coefficient (Wildman–Crippen LogP) is 9.83. The monoisotopic (exact) mass is 1670 g/mol. The van der Waals surface area contributed by atoms with Gasteiger partial charge in [0.15, 0.2) is 0 Å². The van der Waals surface area contributed by atoms with Gasteiger partial charge in [0, 0.05) is 46.2 Å². The average Bonchev–Trinajstić information content (AvgIpc) is 0.856. The Morgan fingerprint density at radius 2 is 0.435 bits per heavy atom. The van der Waals surface area contributed by atoms with Crippen molar-refractivity contribution in [2.45, 2.75) is 387 Å². The lowest BCUT2D eigenvalue weighted by atomic mass is 9.96. The van der Waals surface area contributed by atoms with Gasteiger partial charge in [0.2, 0.25) is 0 Å². The zero-order valence-electron chi connectivity index (χ0n) is 70.0. The minimum absolute atomic E-state index is 0.0242. The first-order valence-electron chi connectivity index (χ1n) is 37.8. The van der Waals surface area contributed by atoms with Gasteiger partial charge in [-0.1, -0.05) is 0 Å². The smallest absolute Gasteiger partial charge is 0.328 e. The van der Waals surface area contributed by atoms with Gasteiger partial charge in [-0.05, 0) is 173 Å². The van der Waals surface area contributed by atoms with Gasteiger partial charge in [0.25, 0.3) is 0 Å². The molecule has 0 bridgehead atoms. The Bertz CT molecular complexity index is 2460. The van der Waals surface area contributed by atoms with Gasteiger partial charge in [-0.25, -0.2) is 0 Å². The molecule has 0 aliphatic carbocycles. The highest BCUT2D eigenvalue weighted by Crippen LogP contribution is 2.53. The zero-order valence-corrected chi connectivity index (χ0v) is 74.5. The molecule has 0 aromatic rings. The summed E-state index contributed by atoms with van der Waals surface area (Å²) < 4.78 is 172. The number of hydrogen-bond acceptors (Lipinski definition) is 33. The maximum absolute atomic E-state index is 12.4. The molecule has 0 saturated carbocycles. The van der Waals surface area contributed by atoms with Crippen LogP contribution in [0.3, 0.4) is 0 Å². The van der Waals surface area contributed by atoms with E-state index in [1.54, 1.807) is 90.0 Å². The van der Waals surface area contributed by atoms with E-state index in [0.29, 0.717) is 12.8 Å². The van der Waals surface area contributed by atoms with Gasteiger partial charge in [-0.15, -0.1) is 0 Å². The van der Waals surface area contributed by atoms with Crippen LogP contribution in [0.5, 0.6) is 0 Å². The Hall–Kier alpha value is 0.0300. The first-order valence-corrected chi connectivity index (χ1v) is 47.8. The van der Waals surface area contributed by atoms with E-state index in [1.165, 1.54) is 33.3 Å². The summed E-state index contributed by atoms with van der Waals surface area (Å²) in [6.45, 7) is 53.2. The van der Waals surface area contributed by atoms with Gasteiger partial charge in [-0.3, -0.25) is 45.4 Å². The van der Waals surface area contributed by atoms with Crippen LogP contribution in [0.2, 0.25) is 0 Å². The zero-order chi connectivity index (χ0) is 83.6. The Kier molecular flexibility index (Phi) is 48.5. The minimum atomic E-state index is -3.39. The van der Waals surface area contributed by atoms with Gasteiger partial charge >= 0.3 is 38.0 Å². The molecule has 28 atom stereocenters. The van der Waals surface area contributed by atoms with Crippen molar-refractivity contribution in [1.29, 1.82) is 0 Å². The maximum atomic E-state index is 12.4.